The second-order valence-electron chi connectivity index (χ2n) is 7.73. The Balaban J connectivity index is -0.000000203. The van der Waals surface area contributed by atoms with Crippen molar-refractivity contribution in [2.75, 3.05) is 0 Å². The Morgan fingerprint density at radius 1 is 0.632 bits per heavy atom. The fraction of sp³-hybridized carbons (Fsp3) is 0.636. The minimum absolute atomic E-state index is 0.0231. The van der Waals surface area contributed by atoms with Gasteiger partial charge in [0.1, 0.15) is 12.1 Å². The molecule has 0 radical (unpaired) electrons. The lowest BCUT2D eigenvalue weighted by Gasteiger charge is -2.11. The molecule has 0 spiro atoms. The Hall–Kier alpha value is -3.92. The third-order valence-electron chi connectivity index (χ3n) is 4.60. The van der Waals surface area contributed by atoms with E-state index in [4.69, 9.17) is 42.1 Å². The third-order valence-corrected chi connectivity index (χ3v) is 4.60. The predicted molar refractivity (Wildman–Crippen MR) is 129 cm³/mol. The van der Waals surface area contributed by atoms with E-state index in [1.807, 2.05) is 13.8 Å². The van der Waals surface area contributed by atoms with E-state index in [1.54, 1.807) is 13.8 Å². The molecule has 0 aliphatic rings. The van der Waals surface area contributed by atoms with Crippen molar-refractivity contribution in [2.45, 2.75) is 78.3 Å². The molecule has 0 saturated heterocycles. The van der Waals surface area contributed by atoms with Gasteiger partial charge in [-0.1, -0.05) is 34.1 Å². The molecule has 0 aliphatic heterocycles. The maximum absolute atomic E-state index is 10.5. The van der Waals surface area contributed by atoms with Crippen LogP contribution in [0.25, 0.3) is 0 Å². The summed E-state index contributed by atoms with van der Waals surface area (Å²) in [5.41, 5.74) is 10.3. The van der Waals surface area contributed by atoms with Crippen molar-refractivity contribution >= 4 is 47.4 Å². The molecule has 0 unspecified atom stereocenters. The van der Waals surface area contributed by atoms with Crippen LogP contribution >= 0.6 is 0 Å². The van der Waals surface area contributed by atoms with Gasteiger partial charge in [-0.2, -0.15) is 0 Å². The largest absolute Gasteiger partial charge is 0.481 e. The highest BCUT2D eigenvalue weighted by atomic mass is 16.4. The zero-order chi connectivity index (χ0) is 31.2. The van der Waals surface area contributed by atoms with Crippen LogP contribution in [-0.2, 0) is 38.4 Å². The number of hydrogen-bond donors (Lipinski definition) is 8. The van der Waals surface area contributed by atoms with Gasteiger partial charge in [-0.3, -0.25) is 28.8 Å². The molecule has 220 valence electrons. The summed E-state index contributed by atoms with van der Waals surface area (Å²) < 4.78 is 0. The van der Waals surface area contributed by atoms with Crippen LogP contribution < -0.4 is 11.5 Å². The van der Waals surface area contributed by atoms with E-state index in [9.17, 15) is 38.4 Å². The first-order valence-corrected chi connectivity index (χ1v) is 11.2. The highest BCUT2D eigenvalue weighted by Crippen LogP contribution is 2.04. The summed E-state index contributed by atoms with van der Waals surface area (Å²) in [6.07, 6.45) is 0.312. The van der Waals surface area contributed by atoms with Gasteiger partial charge < -0.3 is 42.1 Å². The molecule has 10 N–H and O–H groups in total. The maximum Gasteiger partial charge on any atom is 0.372 e. The number of aliphatic carboxylic acids is 6. The highest BCUT2D eigenvalue weighted by molar-refractivity contribution is 6.33. The van der Waals surface area contributed by atoms with Crippen molar-refractivity contribution in [1.82, 2.24) is 0 Å². The quantitative estimate of drug-likeness (QED) is 0.130. The van der Waals surface area contributed by atoms with Crippen LogP contribution in [0.5, 0.6) is 0 Å². The Kier molecular flexibility index (Phi) is 25.5. The fourth-order valence-corrected chi connectivity index (χ4v) is 1.62. The molecule has 0 aliphatic carbocycles. The molecular weight excluding hydrogens is 516 g/mol. The normalized spacial score (nSPS) is 12.6. The number of carboxylic acid groups (broad SMARTS) is 6. The first kappa shape index (κ1) is 41.2. The molecule has 0 amide bonds. The van der Waals surface area contributed by atoms with Gasteiger partial charge in [0.25, 0.3) is 0 Å². The monoisotopic (exact) mass is 554 g/mol. The second kappa shape index (κ2) is 23.5. The van der Waals surface area contributed by atoms with E-state index in [1.165, 1.54) is 0 Å². The van der Waals surface area contributed by atoms with E-state index < -0.39 is 72.3 Å². The van der Waals surface area contributed by atoms with Gasteiger partial charge in [0.2, 0.25) is 11.6 Å². The van der Waals surface area contributed by atoms with Crippen LogP contribution in [0.1, 0.15) is 66.2 Å². The van der Waals surface area contributed by atoms with Crippen molar-refractivity contribution in [1.29, 1.82) is 0 Å². The molecule has 16 nitrogen and oxygen atoms in total. The third kappa shape index (κ3) is 26.7. The molecule has 0 saturated carbocycles. The standard InChI is InChI=1S/C6H13NO2.C6H10O3.C5H9NO4.C5H6O5/c2*1-3-4(2)5(7)6(8)9;2*6-3(5(9)10)1-2-4(7)8/h4-5H,3,7H2,1-2H3,(H,8,9);4H,3H2,1-2H3,(H,8,9);3H,1-2,6H2,(H,7,8)(H,9,10);1-2H2,(H,7,8)(H,9,10)/t4-,5-;4-;3-;/m010./s1. The van der Waals surface area contributed by atoms with Crippen LogP contribution in [0, 0.1) is 11.8 Å². The Morgan fingerprint density at radius 2 is 1.08 bits per heavy atom. The summed E-state index contributed by atoms with van der Waals surface area (Å²) in [7, 11) is 0. The first-order valence-electron chi connectivity index (χ1n) is 11.2. The summed E-state index contributed by atoms with van der Waals surface area (Å²) in [6.45, 7) is 7.15. The summed E-state index contributed by atoms with van der Waals surface area (Å²) in [6, 6.07) is -1.76. The Bertz CT molecular complexity index is 812. The van der Waals surface area contributed by atoms with Crippen molar-refractivity contribution < 1.29 is 69.0 Å². The lowest BCUT2D eigenvalue weighted by atomic mass is 10.0. The van der Waals surface area contributed by atoms with E-state index in [-0.39, 0.29) is 24.7 Å². The average Bonchev–Trinajstić information content (AvgIpc) is 2.84. The number of Topliss-reactive ketones (excluding diaryl/α,β-unsaturated/α-hetero) is 2. The lowest BCUT2D eigenvalue weighted by Crippen LogP contribution is -2.36. The van der Waals surface area contributed by atoms with Crippen LogP contribution in [0.15, 0.2) is 0 Å². The summed E-state index contributed by atoms with van der Waals surface area (Å²) >= 11 is 0. The average molecular weight is 555 g/mol. The number of rotatable bonds is 14. The maximum atomic E-state index is 10.5. The van der Waals surface area contributed by atoms with E-state index >= 15 is 0 Å². The zero-order valence-electron chi connectivity index (χ0n) is 21.7. The molecule has 0 heterocycles. The SMILES string of the molecule is CC[C@@H](C)C(=O)C(=O)O.CC[C@H](C)[C@H](N)C(=O)O.N[C@@H](CCC(=O)O)C(=O)O.O=C(O)CCC(=O)C(=O)O. The summed E-state index contributed by atoms with van der Waals surface area (Å²) in [5, 5.41) is 48.7. The second-order valence-corrected chi connectivity index (χ2v) is 7.73. The smallest absolute Gasteiger partial charge is 0.372 e. The van der Waals surface area contributed by atoms with Crippen molar-refractivity contribution in [3.63, 3.8) is 0 Å². The molecule has 0 fully saturated rings. The summed E-state index contributed by atoms with van der Waals surface area (Å²) in [4.78, 5) is 80.2. The molecule has 0 bridgehead atoms. The topological polar surface area (TPSA) is 310 Å². The van der Waals surface area contributed by atoms with Crippen LogP contribution in [0.4, 0.5) is 0 Å². The Labute approximate surface area is 218 Å². The van der Waals surface area contributed by atoms with Gasteiger partial charge in [0.05, 0.1) is 6.42 Å². The zero-order valence-corrected chi connectivity index (χ0v) is 21.7. The molecule has 0 aromatic rings. The van der Waals surface area contributed by atoms with Crippen molar-refractivity contribution in [3.05, 3.63) is 0 Å². The minimum atomic E-state index is -1.58. The lowest BCUT2D eigenvalue weighted by molar-refractivity contribution is -0.150. The van der Waals surface area contributed by atoms with E-state index in [0.29, 0.717) is 6.42 Å². The van der Waals surface area contributed by atoms with Gasteiger partial charge >= 0.3 is 35.8 Å². The number of carbonyl (C=O) groups is 8. The van der Waals surface area contributed by atoms with Crippen molar-refractivity contribution in [2.24, 2.45) is 23.3 Å². The molecule has 4 atom stereocenters. The summed E-state index contributed by atoms with van der Waals surface area (Å²) in [5.74, 6) is -9.23. The van der Waals surface area contributed by atoms with Gasteiger partial charge in [0, 0.05) is 18.8 Å². The molecular formula is C22H38N2O14. The number of nitrogens with two attached hydrogens (primary N) is 2. The highest BCUT2D eigenvalue weighted by Gasteiger charge is 2.18. The first-order chi connectivity index (χ1) is 17.3. The fourth-order valence-electron chi connectivity index (χ4n) is 1.62. The van der Waals surface area contributed by atoms with Crippen LogP contribution in [-0.4, -0.2) is 90.1 Å². The molecule has 16 heteroatoms. The molecule has 38 heavy (non-hydrogen) atoms. The number of carboxylic acids is 6. The Morgan fingerprint density at radius 3 is 1.29 bits per heavy atom. The van der Waals surface area contributed by atoms with Crippen LogP contribution in [0.3, 0.4) is 0 Å². The van der Waals surface area contributed by atoms with Gasteiger partial charge in [-0.05, 0) is 18.8 Å². The van der Waals surface area contributed by atoms with Gasteiger partial charge in [0.15, 0.2) is 0 Å². The number of carbonyl (C=O) groups excluding carboxylic acids is 2. The molecule has 0 rings (SSSR count). The van der Waals surface area contributed by atoms with Crippen LogP contribution in [0.2, 0.25) is 0 Å². The number of hydrogen-bond acceptors (Lipinski definition) is 10. The predicted octanol–water partition coefficient (Wildman–Crippen LogP) is -0.101. The van der Waals surface area contributed by atoms with E-state index in [2.05, 4.69) is 0 Å². The molecule has 0 aromatic heterocycles. The van der Waals surface area contributed by atoms with E-state index in [0.717, 1.165) is 6.42 Å². The van der Waals surface area contributed by atoms with Gasteiger partial charge in [-0.25, -0.2) is 9.59 Å². The molecule has 0 aromatic carbocycles. The number of ketones is 2. The van der Waals surface area contributed by atoms with Gasteiger partial charge in [-0.15, -0.1) is 0 Å². The minimum Gasteiger partial charge on any atom is -0.481 e. The van der Waals surface area contributed by atoms with Crippen molar-refractivity contribution in [3.8, 4) is 0 Å².